The van der Waals surface area contributed by atoms with Crippen LogP contribution in [0.3, 0.4) is 0 Å². The van der Waals surface area contributed by atoms with E-state index in [1.807, 2.05) is 24.3 Å². The third-order valence-electron chi connectivity index (χ3n) is 8.70. The van der Waals surface area contributed by atoms with Crippen molar-refractivity contribution in [2.24, 2.45) is 0 Å². The van der Waals surface area contributed by atoms with Gasteiger partial charge in [-0.25, -0.2) is 22.3 Å². The number of likely N-dealkylation sites (tertiary alicyclic amines) is 1. The molecule has 0 aliphatic carbocycles. The maximum absolute atomic E-state index is 13.4. The van der Waals surface area contributed by atoms with Crippen LogP contribution in [0, 0.1) is 0 Å². The fourth-order valence-corrected chi connectivity index (χ4v) is 9.11. The number of hydrogen-bond acceptors (Lipinski definition) is 11. The number of piperidine rings is 2. The molecule has 3 N–H and O–H groups in total. The predicted octanol–water partition coefficient (Wildman–Crippen LogP) is 5.89. The molecule has 13 nitrogen and oxygen atoms in total. The second-order valence-electron chi connectivity index (χ2n) is 14.1. The number of rotatable bonds is 14. The predicted molar refractivity (Wildman–Crippen MR) is 204 cm³/mol. The second-order valence-corrected chi connectivity index (χ2v) is 17.5. The van der Waals surface area contributed by atoms with Gasteiger partial charge in [0.05, 0.1) is 10.6 Å². The topological polar surface area (TPSA) is 172 Å². The zero-order chi connectivity index (χ0) is 38.3. The van der Waals surface area contributed by atoms with Crippen molar-refractivity contribution in [1.82, 2.24) is 9.21 Å². The number of aliphatic carboxylic acids is 1. The van der Waals surface area contributed by atoms with Crippen LogP contribution in [0.25, 0.3) is 10.4 Å². The fraction of sp³-hybridized carbons (Fsp3) is 0.459. The van der Waals surface area contributed by atoms with E-state index in [2.05, 4.69) is 15.5 Å². The highest BCUT2D eigenvalue weighted by molar-refractivity contribution is 7.88. The largest absolute Gasteiger partial charge is 0.479 e. The fourth-order valence-electron chi connectivity index (χ4n) is 6.12. The van der Waals surface area contributed by atoms with Gasteiger partial charge in [-0.3, -0.25) is 9.59 Å². The Hall–Kier alpha value is -4.02. The Morgan fingerprint density at radius 2 is 1.68 bits per heavy atom. The summed E-state index contributed by atoms with van der Waals surface area (Å²) >= 11 is 7.72. The molecule has 2 fully saturated rings. The lowest BCUT2D eigenvalue weighted by molar-refractivity contribution is -0.139. The highest BCUT2D eigenvalue weighted by Gasteiger charge is 2.30. The van der Waals surface area contributed by atoms with Crippen LogP contribution < -0.4 is 15.4 Å². The zero-order valence-electron chi connectivity index (χ0n) is 30.0. The zero-order valence-corrected chi connectivity index (χ0v) is 32.4. The maximum atomic E-state index is 13.4. The van der Waals surface area contributed by atoms with Gasteiger partial charge in [0.15, 0.2) is 17.2 Å². The highest BCUT2D eigenvalue weighted by atomic mass is 35.5. The van der Waals surface area contributed by atoms with E-state index in [9.17, 15) is 27.6 Å². The molecular weight excluding hydrogens is 744 g/mol. The Bertz CT molecular complexity index is 1930. The first-order chi connectivity index (χ1) is 25.1. The first-order valence-electron chi connectivity index (χ1n) is 17.4. The van der Waals surface area contributed by atoms with Crippen molar-refractivity contribution in [2.45, 2.75) is 70.3 Å². The van der Waals surface area contributed by atoms with E-state index >= 15 is 0 Å². The summed E-state index contributed by atoms with van der Waals surface area (Å²) in [6.07, 6.45) is 2.46. The molecule has 0 spiro atoms. The first-order valence-corrected chi connectivity index (χ1v) is 20.2. The van der Waals surface area contributed by atoms with Gasteiger partial charge in [-0.05, 0) is 69.0 Å². The number of benzene rings is 2. The van der Waals surface area contributed by atoms with Gasteiger partial charge in [0.1, 0.15) is 16.4 Å². The summed E-state index contributed by atoms with van der Waals surface area (Å²) in [5.41, 5.74) is 1.77. The number of carbonyl (C=O) groups excluding carboxylic acids is 3. The summed E-state index contributed by atoms with van der Waals surface area (Å²) in [7, 11) is -3.63. The van der Waals surface area contributed by atoms with Crippen LogP contribution in [0.5, 0.6) is 5.75 Å². The van der Waals surface area contributed by atoms with Crippen molar-refractivity contribution in [2.75, 3.05) is 50.0 Å². The van der Waals surface area contributed by atoms with E-state index in [1.165, 1.54) is 4.31 Å². The minimum atomic E-state index is -3.63. The monoisotopic (exact) mass is 788 g/mol. The molecule has 286 valence electrons. The van der Waals surface area contributed by atoms with Gasteiger partial charge in [0, 0.05) is 69.4 Å². The Morgan fingerprint density at radius 3 is 2.36 bits per heavy atom. The number of carbonyl (C=O) groups is 4. The number of sulfonamides is 1. The van der Waals surface area contributed by atoms with Gasteiger partial charge >= 0.3 is 11.9 Å². The van der Waals surface area contributed by atoms with Crippen LogP contribution in [-0.4, -0.2) is 97.3 Å². The standard InChI is InChI=1S/C37H45ClN4O9S2/c1-37(2,3)51-36(47)35-33(50-22-31(45)46)32(38)34(52-35)25-7-5-9-28(21-25)39-26-10-18-42(19-11-26)53(48,49)23-24-6-4-8-27(20-24)40-30(44)14-17-41-15-12-29(43)13-16-41/h4-9,20-21,26,39H,10-19,22-23H2,1-3H3,(H,40,44)(H,45,46). The molecule has 3 heterocycles. The van der Waals surface area contributed by atoms with Crippen molar-refractivity contribution in [3.05, 3.63) is 64.0 Å². The smallest absolute Gasteiger partial charge is 0.352 e. The SMILES string of the molecule is CC(C)(C)OC(=O)c1sc(-c2cccc(NC3CCN(S(=O)(=O)Cc4cccc(NC(=O)CCN5CCC(=O)CC5)c4)CC3)c2)c(Cl)c1OCC(=O)O. The van der Waals surface area contributed by atoms with E-state index in [0.29, 0.717) is 80.1 Å². The molecule has 5 rings (SSSR count). The molecule has 2 aliphatic rings. The second kappa shape index (κ2) is 17.4. The van der Waals surface area contributed by atoms with Crippen molar-refractivity contribution in [3.63, 3.8) is 0 Å². The Kier molecular flexibility index (Phi) is 13.2. The van der Waals surface area contributed by atoms with Gasteiger partial charge < -0.3 is 30.1 Å². The van der Waals surface area contributed by atoms with Gasteiger partial charge in [0.25, 0.3) is 0 Å². The molecule has 3 aromatic rings. The average Bonchev–Trinajstić information content (AvgIpc) is 3.42. The quantitative estimate of drug-likeness (QED) is 0.167. The number of halogens is 1. The minimum Gasteiger partial charge on any atom is -0.479 e. The molecule has 1 aromatic heterocycles. The van der Waals surface area contributed by atoms with Gasteiger partial charge in [-0.1, -0.05) is 35.9 Å². The van der Waals surface area contributed by atoms with E-state index < -0.39 is 34.2 Å². The van der Waals surface area contributed by atoms with Crippen molar-refractivity contribution < 1.29 is 42.2 Å². The average molecular weight is 789 g/mol. The number of esters is 1. The summed E-state index contributed by atoms with van der Waals surface area (Å²) < 4.78 is 39.3. The van der Waals surface area contributed by atoms with E-state index in [1.54, 1.807) is 45.0 Å². The number of nitrogens with zero attached hydrogens (tertiary/aromatic N) is 2. The lowest BCUT2D eigenvalue weighted by atomic mass is 10.1. The van der Waals surface area contributed by atoms with Gasteiger partial charge in [-0.15, -0.1) is 11.3 Å². The molecule has 0 saturated carbocycles. The Morgan fingerprint density at radius 1 is 1.00 bits per heavy atom. The summed E-state index contributed by atoms with van der Waals surface area (Å²) in [6, 6.07) is 14.3. The number of hydrogen-bond donors (Lipinski definition) is 3. The van der Waals surface area contributed by atoms with E-state index in [0.717, 1.165) is 17.0 Å². The first kappa shape index (κ1) is 40.2. The molecule has 1 amide bonds. The minimum absolute atomic E-state index is 0.00809. The molecule has 53 heavy (non-hydrogen) atoms. The van der Waals surface area contributed by atoms with Crippen LogP contribution in [0.4, 0.5) is 11.4 Å². The number of carboxylic acid groups (broad SMARTS) is 1. The Balaban J connectivity index is 1.16. The lowest BCUT2D eigenvalue weighted by Crippen LogP contribution is -2.42. The molecule has 2 saturated heterocycles. The maximum Gasteiger partial charge on any atom is 0.352 e. The number of ether oxygens (including phenoxy) is 2. The summed E-state index contributed by atoms with van der Waals surface area (Å²) in [5, 5.41) is 15.6. The van der Waals surface area contributed by atoms with E-state index in [-0.39, 0.29) is 45.6 Å². The number of Topliss-reactive ketones (excluding diaryl/α,β-unsaturated/α-hetero) is 1. The Labute approximate surface area is 318 Å². The molecule has 2 aliphatic heterocycles. The molecule has 0 atom stereocenters. The van der Waals surface area contributed by atoms with Crippen LogP contribution in [-0.2, 0) is 34.9 Å². The van der Waals surface area contributed by atoms with Crippen molar-refractivity contribution >= 4 is 68.0 Å². The number of nitrogens with one attached hydrogen (secondary N) is 2. The molecule has 16 heteroatoms. The van der Waals surface area contributed by atoms with Crippen LogP contribution in [0.1, 0.15) is 68.1 Å². The van der Waals surface area contributed by atoms with Crippen LogP contribution in [0.15, 0.2) is 48.5 Å². The molecule has 0 bridgehead atoms. The molecular formula is C37H45ClN4O9S2. The van der Waals surface area contributed by atoms with Gasteiger partial charge in [0.2, 0.25) is 15.9 Å². The van der Waals surface area contributed by atoms with Crippen molar-refractivity contribution in [3.8, 4) is 16.2 Å². The highest BCUT2D eigenvalue weighted by Crippen LogP contribution is 2.46. The summed E-state index contributed by atoms with van der Waals surface area (Å²) in [5.74, 6) is -2.04. The number of amides is 1. The normalized spacial score (nSPS) is 16.3. The summed E-state index contributed by atoms with van der Waals surface area (Å²) in [4.78, 5) is 50.9. The number of thiophene rings is 1. The number of ketones is 1. The van der Waals surface area contributed by atoms with Crippen LogP contribution >= 0.6 is 22.9 Å². The number of anilines is 2. The van der Waals surface area contributed by atoms with E-state index in [4.69, 9.17) is 26.2 Å². The third-order valence-corrected chi connectivity index (χ3v) is 12.2. The van der Waals surface area contributed by atoms with Crippen molar-refractivity contribution in [1.29, 1.82) is 0 Å². The van der Waals surface area contributed by atoms with Gasteiger partial charge in [-0.2, -0.15) is 0 Å². The molecule has 0 radical (unpaired) electrons. The number of carboxylic acids is 1. The summed E-state index contributed by atoms with van der Waals surface area (Å²) in [6.45, 7) is 7.05. The molecule has 0 unspecified atom stereocenters. The molecule has 2 aromatic carbocycles. The van der Waals surface area contributed by atoms with Crippen LogP contribution in [0.2, 0.25) is 5.02 Å². The lowest BCUT2D eigenvalue weighted by Gasteiger charge is -2.32. The third kappa shape index (κ3) is 11.5.